The third-order valence-electron chi connectivity index (χ3n) is 4.68. The minimum absolute atomic E-state index is 0. The Kier molecular flexibility index (Phi) is 6.83. The Morgan fingerprint density at radius 3 is 1.86 bits per heavy atom. The predicted molar refractivity (Wildman–Crippen MR) is 115 cm³/mol. The molecule has 4 rings (SSSR count). The maximum Gasteiger partial charge on any atom is 0 e. The largest absolute Gasteiger partial charge is 0.423 e. The van der Waals surface area contributed by atoms with Gasteiger partial charge >= 0.3 is 0 Å². The fraction of sp³-hybridized carbons (Fsp3) is 0.0769. The fourth-order valence-corrected chi connectivity index (χ4v) is 3.48. The second-order valence-electron chi connectivity index (χ2n) is 6.70. The molecule has 0 aliphatic rings. The number of hydrogen-bond acceptors (Lipinski definition) is 1. The molecule has 2 heteroatoms. The standard InChI is InChI=1S/C26H21N.Y/c1-27(2)26-24(21-14-8-4-9-15-21)19-18-23(20-12-6-3-7-13-20)25(26)22-16-10-5-11-17-22;/h3-14,16-18H,1-2H3;/q-2;. The van der Waals surface area contributed by atoms with E-state index in [1.54, 1.807) is 0 Å². The summed E-state index contributed by atoms with van der Waals surface area (Å²) >= 11 is 0. The Morgan fingerprint density at radius 1 is 0.679 bits per heavy atom. The molecule has 0 N–H and O–H groups in total. The minimum Gasteiger partial charge on any atom is -0.423 e. The van der Waals surface area contributed by atoms with Crippen LogP contribution < -0.4 is 4.90 Å². The smallest absolute Gasteiger partial charge is 0 e. The van der Waals surface area contributed by atoms with Crippen LogP contribution in [0.5, 0.6) is 0 Å². The summed E-state index contributed by atoms with van der Waals surface area (Å²) in [5, 5.41) is 0. The Labute approximate surface area is 192 Å². The molecule has 0 spiro atoms. The van der Waals surface area contributed by atoms with Crippen LogP contribution in [0.2, 0.25) is 0 Å². The van der Waals surface area contributed by atoms with Gasteiger partial charge in [-0.15, -0.1) is 12.1 Å². The molecule has 1 nitrogen and oxygen atoms in total. The summed E-state index contributed by atoms with van der Waals surface area (Å²) in [5.41, 5.74) is 8.08. The molecule has 0 aromatic heterocycles. The molecular formula is C26H21NY-2. The summed E-state index contributed by atoms with van der Waals surface area (Å²) in [5.74, 6) is 0. The first-order valence-corrected chi connectivity index (χ1v) is 9.09. The average Bonchev–Trinajstić information content (AvgIpc) is 2.74. The molecule has 4 aromatic rings. The van der Waals surface area contributed by atoms with Crippen molar-refractivity contribution in [3.8, 4) is 33.4 Å². The van der Waals surface area contributed by atoms with Crippen LogP contribution in [0.1, 0.15) is 0 Å². The van der Waals surface area contributed by atoms with Crippen LogP contribution in [-0.2, 0) is 32.7 Å². The van der Waals surface area contributed by atoms with E-state index >= 15 is 0 Å². The van der Waals surface area contributed by atoms with Crippen LogP contribution in [0.4, 0.5) is 5.69 Å². The molecule has 135 valence electrons. The minimum atomic E-state index is 0. The molecule has 0 aliphatic heterocycles. The van der Waals surface area contributed by atoms with Gasteiger partial charge < -0.3 is 4.90 Å². The Balaban J connectivity index is 0.00000225. The maximum atomic E-state index is 3.54. The van der Waals surface area contributed by atoms with E-state index in [1.807, 2.05) is 18.2 Å². The molecule has 4 aromatic carbocycles. The third-order valence-corrected chi connectivity index (χ3v) is 4.68. The zero-order chi connectivity index (χ0) is 18.6. The molecule has 0 saturated heterocycles. The molecule has 0 aliphatic carbocycles. The Morgan fingerprint density at radius 2 is 1.29 bits per heavy atom. The maximum absolute atomic E-state index is 3.54. The van der Waals surface area contributed by atoms with Crippen molar-refractivity contribution in [3.05, 3.63) is 103 Å². The molecule has 1 radical (unpaired) electrons. The van der Waals surface area contributed by atoms with Crippen molar-refractivity contribution in [1.82, 2.24) is 0 Å². The quantitative estimate of drug-likeness (QED) is 0.337. The van der Waals surface area contributed by atoms with Gasteiger partial charge in [0.2, 0.25) is 0 Å². The fourth-order valence-electron chi connectivity index (χ4n) is 3.48. The molecule has 0 saturated carbocycles. The average molecular weight is 436 g/mol. The normalized spacial score (nSPS) is 10.2. The number of rotatable bonds is 4. The van der Waals surface area contributed by atoms with Crippen LogP contribution in [0.3, 0.4) is 0 Å². The summed E-state index contributed by atoms with van der Waals surface area (Å²) in [4.78, 5) is 2.18. The van der Waals surface area contributed by atoms with Crippen LogP contribution in [0, 0.1) is 12.1 Å². The molecule has 0 atom stereocenters. The number of benzene rings is 4. The molecule has 0 heterocycles. The summed E-state index contributed by atoms with van der Waals surface area (Å²) in [6.07, 6.45) is 0. The topological polar surface area (TPSA) is 3.24 Å². The predicted octanol–water partition coefficient (Wildman–Crippen LogP) is 6.35. The van der Waals surface area contributed by atoms with E-state index < -0.39 is 0 Å². The number of nitrogens with zero attached hydrogens (tertiary/aromatic N) is 1. The summed E-state index contributed by atoms with van der Waals surface area (Å²) in [6, 6.07) is 38.2. The van der Waals surface area contributed by atoms with Crippen LogP contribution in [0.25, 0.3) is 33.4 Å². The van der Waals surface area contributed by atoms with Crippen molar-refractivity contribution in [2.45, 2.75) is 0 Å². The van der Waals surface area contributed by atoms with E-state index in [9.17, 15) is 0 Å². The molecule has 0 amide bonds. The van der Waals surface area contributed by atoms with Gasteiger partial charge in [0, 0.05) is 32.7 Å². The van der Waals surface area contributed by atoms with Gasteiger partial charge in [0.1, 0.15) is 0 Å². The van der Waals surface area contributed by atoms with Gasteiger partial charge in [-0.25, -0.2) is 11.1 Å². The van der Waals surface area contributed by atoms with Gasteiger partial charge in [0.05, 0.1) is 0 Å². The van der Waals surface area contributed by atoms with Crippen molar-refractivity contribution in [1.29, 1.82) is 0 Å². The molecular weight excluding hydrogens is 415 g/mol. The van der Waals surface area contributed by atoms with Gasteiger partial charge in [-0.05, 0) is 19.7 Å². The Hall–Kier alpha value is -2.22. The van der Waals surface area contributed by atoms with Gasteiger partial charge in [-0.2, -0.15) is 30.3 Å². The van der Waals surface area contributed by atoms with Crippen molar-refractivity contribution < 1.29 is 32.7 Å². The summed E-state index contributed by atoms with van der Waals surface area (Å²) < 4.78 is 0. The molecule has 0 fully saturated rings. The number of hydrogen-bond donors (Lipinski definition) is 0. The van der Waals surface area contributed by atoms with E-state index in [0.717, 1.165) is 16.8 Å². The monoisotopic (exact) mass is 436 g/mol. The molecule has 0 unspecified atom stereocenters. The van der Waals surface area contributed by atoms with E-state index in [0.29, 0.717) is 0 Å². The number of anilines is 1. The van der Waals surface area contributed by atoms with Crippen molar-refractivity contribution >= 4 is 5.69 Å². The van der Waals surface area contributed by atoms with E-state index in [-0.39, 0.29) is 32.7 Å². The first kappa shape index (κ1) is 20.5. The van der Waals surface area contributed by atoms with Gasteiger partial charge in [0.25, 0.3) is 0 Å². The Bertz CT molecular complexity index is 1030. The van der Waals surface area contributed by atoms with Crippen molar-refractivity contribution in [2.24, 2.45) is 0 Å². The van der Waals surface area contributed by atoms with Crippen LogP contribution in [-0.4, -0.2) is 14.1 Å². The second-order valence-corrected chi connectivity index (χ2v) is 6.70. The van der Waals surface area contributed by atoms with E-state index in [1.165, 1.54) is 22.3 Å². The zero-order valence-electron chi connectivity index (χ0n) is 16.2. The van der Waals surface area contributed by atoms with E-state index in [2.05, 4.69) is 104 Å². The first-order chi connectivity index (χ1) is 13.3. The van der Waals surface area contributed by atoms with Crippen LogP contribution >= 0.6 is 0 Å². The molecule has 28 heavy (non-hydrogen) atoms. The summed E-state index contributed by atoms with van der Waals surface area (Å²) in [7, 11) is 4.19. The van der Waals surface area contributed by atoms with Crippen LogP contribution in [0.15, 0.2) is 91.0 Å². The third kappa shape index (κ3) is 4.11. The van der Waals surface area contributed by atoms with E-state index in [4.69, 9.17) is 0 Å². The van der Waals surface area contributed by atoms with Gasteiger partial charge in [-0.1, -0.05) is 83.0 Å². The van der Waals surface area contributed by atoms with Gasteiger partial charge in [0.15, 0.2) is 0 Å². The first-order valence-electron chi connectivity index (χ1n) is 9.09. The SMILES string of the molecule is CN(C)c1c(-c2[c-]cccc2)[c-]cc(-c2ccccc2)c1-c1ccccc1.[Y]. The zero-order valence-corrected chi connectivity index (χ0v) is 19.0. The van der Waals surface area contributed by atoms with Crippen molar-refractivity contribution in [3.63, 3.8) is 0 Å². The summed E-state index contributed by atoms with van der Waals surface area (Å²) in [6.45, 7) is 0. The van der Waals surface area contributed by atoms with Gasteiger partial charge in [-0.3, -0.25) is 0 Å². The molecule has 0 bridgehead atoms. The second kappa shape index (κ2) is 9.32. The van der Waals surface area contributed by atoms with Crippen molar-refractivity contribution in [2.75, 3.05) is 19.0 Å².